The summed E-state index contributed by atoms with van der Waals surface area (Å²) >= 11 is 0. The number of ether oxygens (including phenoxy) is 4. The van der Waals surface area contributed by atoms with Gasteiger partial charge in [0.15, 0.2) is 11.5 Å². The number of morpholine rings is 1. The van der Waals surface area contributed by atoms with Gasteiger partial charge in [0.25, 0.3) is 0 Å². The van der Waals surface area contributed by atoms with Crippen LogP contribution in [0.3, 0.4) is 0 Å². The molecule has 0 unspecified atom stereocenters. The molecule has 0 amide bonds. The zero-order valence-electron chi connectivity index (χ0n) is 14.6. The number of rotatable bonds is 7. The fraction of sp³-hybridized carbons (Fsp3) is 0.562. The van der Waals surface area contributed by atoms with Crippen LogP contribution in [0.2, 0.25) is 0 Å². The van der Waals surface area contributed by atoms with Gasteiger partial charge in [-0.05, 0) is 18.6 Å². The highest BCUT2D eigenvalue weighted by Crippen LogP contribution is 2.34. The average Bonchev–Trinajstić information content (AvgIpc) is 2.62. The molecule has 1 heterocycles. The number of methoxy groups -OCH3 is 2. The smallest absolute Gasteiger partial charge is 0.310 e. The summed E-state index contributed by atoms with van der Waals surface area (Å²) < 4.78 is 48.0. The lowest BCUT2D eigenvalue weighted by Crippen LogP contribution is -2.41. The minimum atomic E-state index is -3.80. The topological polar surface area (TPSA) is 91.4 Å². The number of hydrogen-bond acceptors (Lipinski definition) is 7. The van der Waals surface area contributed by atoms with Crippen LogP contribution in [0.25, 0.3) is 0 Å². The number of carbonyl (C=O) groups excluding carboxylic acids is 1. The van der Waals surface area contributed by atoms with Crippen LogP contribution >= 0.6 is 0 Å². The Morgan fingerprint density at radius 2 is 1.76 bits per heavy atom. The van der Waals surface area contributed by atoms with E-state index in [1.165, 1.54) is 30.7 Å². The van der Waals surface area contributed by atoms with Crippen molar-refractivity contribution < 1.29 is 32.2 Å². The van der Waals surface area contributed by atoms with Crippen molar-refractivity contribution in [3.05, 3.63) is 17.7 Å². The van der Waals surface area contributed by atoms with E-state index in [4.69, 9.17) is 18.9 Å². The normalized spacial score (nSPS) is 15.6. The van der Waals surface area contributed by atoms with Crippen molar-refractivity contribution in [2.75, 3.05) is 47.1 Å². The summed E-state index contributed by atoms with van der Waals surface area (Å²) in [6.45, 7) is 3.10. The molecule has 8 nitrogen and oxygen atoms in total. The highest BCUT2D eigenvalue weighted by Gasteiger charge is 2.30. The number of carbonyl (C=O) groups is 1. The van der Waals surface area contributed by atoms with Crippen LogP contribution in [0.15, 0.2) is 17.0 Å². The number of nitrogens with zero attached hydrogens (tertiary/aromatic N) is 1. The average molecular weight is 373 g/mol. The maximum absolute atomic E-state index is 13.0. The number of esters is 1. The van der Waals surface area contributed by atoms with E-state index < -0.39 is 16.0 Å². The molecule has 0 spiro atoms. The molecule has 0 bridgehead atoms. The van der Waals surface area contributed by atoms with E-state index >= 15 is 0 Å². The standard InChI is InChI=1S/C16H23NO7S/c1-4-24-16(18)10-12-9-13(21-2)14(22-3)11-15(12)25(19,20)17-5-7-23-8-6-17/h9,11H,4-8,10H2,1-3H3. The highest BCUT2D eigenvalue weighted by molar-refractivity contribution is 7.89. The Balaban J connectivity index is 2.50. The molecule has 0 atom stereocenters. The van der Waals surface area contributed by atoms with Gasteiger partial charge >= 0.3 is 5.97 Å². The summed E-state index contributed by atoms with van der Waals surface area (Å²) in [5.74, 6) is 0.123. The van der Waals surface area contributed by atoms with Gasteiger partial charge in [-0.2, -0.15) is 4.31 Å². The quantitative estimate of drug-likeness (QED) is 0.654. The lowest BCUT2D eigenvalue weighted by Gasteiger charge is -2.27. The van der Waals surface area contributed by atoms with E-state index in [-0.39, 0.29) is 36.8 Å². The molecule has 0 aliphatic carbocycles. The third kappa shape index (κ3) is 4.42. The first-order valence-corrected chi connectivity index (χ1v) is 9.36. The van der Waals surface area contributed by atoms with Gasteiger partial charge in [-0.25, -0.2) is 8.42 Å². The lowest BCUT2D eigenvalue weighted by molar-refractivity contribution is -0.142. The number of sulfonamides is 1. The Morgan fingerprint density at radius 3 is 2.32 bits per heavy atom. The monoisotopic (exact) mass is 373 g/mol. The zero-order valence-corrected chi connectivity index (χ0v) is 15.4. The van der Waals surface area contributed by atoms with Gasteiger partial charge in [0.05, 0.1) is 45.4 Å². The summed E-state index contributed by atoms with van der Waals surface area (Å²) in [7, 11) is -0.930. The second kappa shape index (κ2) is 8.50. The van der Waals surface area contributed by atoms with Crippen LogP contribution in [-0.2, 0) is 30.7 Å². The molecule has 1 saturated heterocycles. The summed E-state index contributed by atoms with van der Waals surface area (Å²) in [4.78, 5) is 11.9. The molecular weight excluding hydrogens is 350 g/mol. The summed E-state index contributed by atoms with van der Waals surface area (Å²) in [6.07, 6.45) is -0.174. The van der Waals surface area contributed by atoms with Crippen molar-refractivity contribution in [3.8, 4) is 11.5 Å². The number of hydrogen-bond donors (Lipinski definition) is 0. The fourth-order valence-corrected chi connectivity index (χ4v) is 4.20. The second-order valence-electron chi connectivity index (χ2n) is 5.31. The maximum atomic E-state index is 13.0. The lowest BCUT2D eigenvalue weighted by atomic mass is 10.1. The van der Waals surface area contributed by atoms with Gasteiger partial charge in [-0.1, -0.05) is 0 Å². The largest absolute Gasteiger partial charge is 0.493 e. The molecule has 0 radical (unpaired) electrons. The minimum Gasteiger partial charge on any atom is -0.493 e. The molecular formula is C16H23NO7S. The van der Waals surface area contributed by atoms with Crippen molar-refractivity contribution in [3.63, 3.8) is 0 Å². The van der Waals surface area contributed by atoms with Crippen molar-refractivity contribution in [1.29, 1.82) is 0 Å². The predicted molar refractivity (Wildman–Crippen MR) is 89.5 cm³/mol. The van der Waals surface area contributed by atoms with Gasteiger partial charge in [-0.3, -0.25) is 4.79 Å². The van der Waals surface area contributed by atoms with Crippen molar-refractivity contribution in [2.24, 2.45) is 0 Å². The van der Waals surface area contributed by atoms with Crippen LogP contribution in [-0.4, -0.2) is 65.8 Å². The van der Waals surface area contributed by atoms with Crippen molar-refractivity contribution in [2.45, 2.75) is 18.2 Å². The highest BCUT2D eigenvalue weighted by atomic mass is 32.2. The van der Waals surface area contributed by atoms with Gasteiger partial charge in [-0.15, -0.1) is 0 Å². The predicted octanol–water partition coefficient (Wildman–Crippen LogP) is 0.830. The Labute approximate surface area is 147 Å². The molecule has 1 aromatic carbocycles. The minimum absolute atomic E-state index is 0.0140. The Bertz CT molecular complexity index is 711. The van der Waals surface area contributed by atoms with Gasteiger partial charge < -0.3 is 18.9 Å². The van der Waals surface area contributed by atoms with Gasteiger partial charge in [0, 0.05) is 19.2 Å². The van der Waals surface area contributed by atoms with Crippen LogP contribution < -0.4 is 9.47 Å². The van der Waals surface area contributed by atoms with E-state index in [1.54, 1.807) is 6.92 Å². The van der Waals surface area contributed by atoms with Gasteiger partial charge in [0.2, 0.25) is 10.0 Å². The van der Waals surface area contributed by atoms with Crippen LogP contribution in [0.4, 0.5) is 0 Å². The van der Waals surface area contributed by atoms with Gasteiger partial charge in [0.1, 0.15) is 0 Å². The van der Waals surface area contributed by atoms with Crippen molar-refractivity contribution in [1.82, 2.24) is 4.31 Å². The molecule has 140 valence electrons. The van der Waals surface area contributed by atoms with Crippen LogP contribution in [0.5, 0.6) is 11.5 Å². The van der Waals surface area contributed by atoms with Crippen LogP contribution in [0, 0.1) is 0 Å². The Morgan fingerprint density at radius 1 is 1.16 bits per heavy atom. The Hall–Kier alpha value is -1.84. The van der Waals surface area contributed by atoms with E-state index in [9.17, 15) is 13.2 Å². The summed E-state index contributed by atoms with van der Waals surface area (Å²) in [6, 6.07) is 2.89. The van der Waals surface area contributed by atoms with E-state index in [1.807, 2.05) is 0 Å². The van der Waals surface area contributed by atoms with E-state index in [0.29, 0.717) is 24.5 Å². The third-order valence-electron chi connectivity index (χ3n) is 3.79. The zero-order chi connectivity index (χ0) is 18.4. The van der Waals surface area contributed by atoms with Crippen LogP contribution in [0.1, 0.15) is 12.5 Å². The maximum Gasteiger partial charge on any atom is 0.310 e. The molecule has 1 aliphatic rings. The summed E-state index contributed by atoms with van der Waals surface area (Å²) in [5.41, 5.74) is 0.308. The molecule has 1 aromatic rings. The molecule has 0 saturated carbocycles. The molecule has 2 rings (SSSR count). The van der Waals surface area contributed by atoms with E-state index in [0.717, 1.165) is 0 Å². The summed E-state index contributed by atoms with van der Waals surface area (Å²) in [5, 5.41) is 0. The SMILES string of the molecule is CCOC(=O)Cc1cc(OC)c(OC)cc1S(=O)(=O)N1CCOCC1. The fourth-order valence-electron chi connectivity index (χ4n) is 2.57. The molecule has 0 aromatic heterocycles. The first kappa shape index (κ1) is 19.5. The van der Waals surface area contributed by atoms with E-state index in [2.05, 4.69) is 0 Å². The third-order valence-corrected chi connectivity index (χ3v) is 5.78. The molecule has 1 fully saturated rings. The molecule has 25 heavy (non-hydrogen) atoms. The molecule has 1 aliphatic heterocycles. The second-order valence-corrected chi connectivity index (χ2v) is 7.22. The van der Waals surface area contributed by atoms with Crippen molar-refractivity contribution >= 4 is 16.0 Å². The first-order chi connectivity index (χ1) is 11.9. The Kier molecular flexibility index (Phi) is 6.63. The molecule has 0 N–H and O–H groups in total. The molecule has 9 heteroatoms. The first-order valence-electron chi connectivity index (χ1n) is 7.92. The number of benzene rings is 1.